The van der Waals surface area contributed by atoms with Gasteiger partial charge in [-0.15, -0.1) is 0 Å². The number of hydrogen-bond donors (Lipinski definition) is 3. The third-order valence-electron chi connectivity index (χ3n) is 3.92. The molecule has 1 saturated heterocycles. The van der Waals surface area contributed by atoms with Gasteiger partial charge in [-0.25, -0.2) is 0 Å². The molecule has 0 spiro atoms. The summed E-state index contributed by atoms with van der Waals surface area (Å²) in [5.41, 5.74) is 5.45. The summed E-state index contributed by atoms with van der Waals surface area (Å²) >= 11 is 0. The van der Waals surface area contributed by atoms with Crippen molar-refractivity contribution in [2.24, 2.45) is 10.9 Å². The molecule has 120 valence electrons. The number of piperidine rings is 1. The van der Waals surface area contributed by atoms with Gasteiger partial charge in [0.25, 0.3) is 5.91 Å². The number of carbonyl (C=O) groups excluding carboxylic acids is 1. The zero-order valence-electron chi connectivity index (χ0n) is 12.3. The lowest BCUT2D eigenvalue weighted by Crippen LogP contribution is -2.55. The Morgan fingerprint density at radius 2 is 1.95 bits per heavy atom. The predicted molar refractivity (Wildman–Crippen MR) is 80.8 cm³/mol. The largest absolute Gasteiger partial charge is 0.409 e. The Balaban J connectivity index is 2.05. The molecule has 0 radical (unpaired) electrons. The van der Waals surface area contributed by atoms with E-state index in [1.807, 2.05) is 18.2 Å². The normalized spacial score (nSPS) is 18.2. The maximum Gasteiger partial charge on any atom is 0.253 e. The number of nitrogens with two attached hydrogens (primary N) is 1. The zero-order valence-corrected chi connectivity index (χ0v) is 12.3. The van der Waals surface area contributed by atoms with Crippen molar-refractivity contribution in [3.05, 3.63) is 35.9 Å². The summed E-state index contributed by atoms with van der Waals surface area (Å²) in [6.45, 7) is 0.834. The molecule has 1 aromatic rings. The lowest BCUT2D eigenvalue weighted by atomic mass is 9.89. The van der Waals surface area contributed by atoms with Crippen LogP contribution in [0.1, 0.15) is 23.2 Å². The van der Waals surface area contributed by atoms with Crippen LogP contribution in [0.2, 0.25) is 0 Å². The molecule has 22 heavy (non-hydrogen) atoms. The van der Waals surface area contributed by atoms with Crippen LogP contribution in [0.15, 0.2) is 35.5 Å². The molecule has 0 bridgehead atoms. The number of aliphatic hydroxyl groups is 1. The van der Waals surface area contributed by atoms with Crippen LogP contribution in [0.3, 0.4) is 0 Å². The Kier molecular flexibility index (Phi) is 5.35. The van der Waals surface area contributed by atoms with Crippen LogP contribution >= 0.6 is 0 Å². The second kappa shape index (κ2) is 7.24. The number of likely N-dealkylation sites (tertiary alicyclic amines) is 1. The van der Waals surface area contributed by atoms with Crippen LogP contribution in [0, 0.1) is 0 Å². The first kappa shape index (κ1) is 16.3. The zero-order chi connectivity index (χ0) is 16.0. The van der Waals surface area contributed by atoms with E-state index in [4.69, 9.17) is 20.8 Å². The highest BCUT2D eigenvalue weighted by Crippen LogP contribution is 2.27. The number of amidine groups is 1. The first-order chi connectivity index (χ1) is 10.6. The lowest BCUT2D eigenvalue weighted by molar-refractivity contribution is -0.0456. The van der Waals surface area contributed by atoms with Gasteiger partial charge in [0.15, 0.2) is 5.84 Å². The van der Waals surface area contributed by atoms with Crippen LogP contribution in [0.5, 0.6) is 0 Å². The smallest absolute Gasteiger partial charge is 0.253 e. The summed E-state index contributed by atoms with van der Waals surface area (Å²) in [6, 6.07) is 9.05. The molecule has 1 heterocycles. The van der Waals surface area contributed by atoms with E-state index in [2.05, 4.69) is 5.16 Å². The molecule has 7 heteroatoms. The predicted octanol–water partition coefficient (Wildman–Crippen LogP) is 0.417. The molecule has 1 aromatic carbocycles. The summed E-state index contributed by atoms with van der Waals surface area (Å²) in [5, 5.41) is 20.9. The third kappa shape index (κ3) is 3.37. The van der Waals surface area contributed by atoms with E-state index in [0.717, 1.165) is 0 Å². The topological polar surface area (TPSA) is 108 Å². The van der Waals surface area contributed by atoms with Crippen LogP contribution in [-0.4, -0.2) is 58.9 Å². The Hall–Kier alpha value is -2.12. The first-order valence-corrected chi connectivity index (χ1v) is 7.20. The van der Waals surface area contributed by atoms with Crippen LogP contribution in [0.4, 0.5) is 0 Å². The second-order valence-electron chi connectivity index (χ2n) is 5.21. The van der Waals surface area contributed by atoms with Crippen molar-refractivity contribution in [3.63, 3.8) is 0 Å². The molecular weight excluding hydrogens is 286 g/mol. The fourth-order valence-corrected chi connectivity index (χ4v) is 2.64. The average Bonchev–Trinajstić information content (AvgIpc) is 2.59. The van der Waals surface area contributed by atoms with Crippen molar-refractivity contribution in [1.82, 2.24) is 4.90 Å². The quantitative estimate of drug-likeness (QED) is 0.316. The van der Waals surface area contributed by atoms with Gasteiger partial charge in [0.1, 0.15) is 5.60 Å². The number of hydrogen-bond acceptors (Lipinski definition) is 5. The van der Waals surface area contributed by atoms with Crippen molar-refractivity contribution in [3.8, 4) is 0 Å². The fraction of sp³-hybridized carbons (Fsp3) is 0.467. The van der Waals surface area contributed by atoms with Crippen molar-refractivity contribution >= 4 is 11.7 Å². The summed E-state index contributed by atoms with van der Waals surface area (Å²) in [4.78, 5) is 14.1. The highest BCUT2D eigenvalue weighted by Gasteiger charge is 2.41. The molecule has 7 nitrogen and oxygen atoms in total. The van der Waals surface area contributed by atoms with Crippen molar-refractivity contribution in [2.75, 3.05) is 26.3 Å². The van der Waals surface area contributed by atoms with Crippen LogP contribution < -0.4 is 5.73 Å². The number of amides is 1. The van der Waals surface area contributed by atoms with E-state index in [-0.39, 0.29) is 25.0 Å². The first-order valence-electron chi connectivity index (χ1n) is 7.20. The number of nitrogens with zero attached hydrogens (tertiary/aromatic N) is 2. The maximum atomic E-state index is 12.4. The lowest BCUT2D eigenvalue weighted by Gasteiger charge is -2.40. The molecule has 0 saturated carbocycles. The molecule has 1 aliphatic heterocycles. The maximum absolute atomic E-state index is 12.4. The summed E-state index contributed by atoms with van der Waals surface area (Å²) < 4.78 is 5.60. The highest BCUT2D eigenvalue weighted by molar-refractivity contribution is 5.95. The molecule has 1 fully saturated rings. The molecule has 1 amide bonds. The highest BCUT2D eigenvalue weighted by atomic mass is 16.5. The van der Waals surface area contributed by atoms with Crippen LogP contribution in [-0.2, 0) is 4.74 Å². The minimum absolute atomic E-state index is 0.0206. The van der Waals surface area contributed by atoms with Gasteiger partial charge in [-0.1, -0.05) is 23.4 Å². The van der Waals surface area contributed by atoms with Crippen molar-refractivity contribution < 1.29 is 19.8 Å². The Morgan fingerprint density at radius 3 is 2.50 bits per heavy atom. The van der Waals surface area contributed by atoms with Gasteiger partial charge in [-0.2, -0.15) is 0 Å². The molecular formula is C15H21N3O4. The number of oxime groups is 1. The van der Waals surface area contributed by atoms with Gasteiger partial charge in [-0.3, -0.25) is 4.79 Å². The monoisotopic (exact) mass is 307 g/mol. The van der Waals surface area contributed by atoms with Gasteiger partial charge in [0, 0.05) is 31.5 Å². The van der Waals surface area contributed by atoms with Crippen LogP contribution in [0.25, 0.3) is 0 Å². The standard InChI is InChI=1S/C15H21N3O4/c16-14(17-21)15(22-11-10-19)6-8-18(9-7-15)13(20)12-4-2-1-3-5-12/h1-5,19,21H,6-11H2,(H2,16,17). The molecule has 0 aromatic heterocycles. The second-order valence-corrected chi connectivity index (χ2v) is 5.21. The Morgan fingerprint density at radius 1 is 1.32 bits per heavy atom. The Labute approximate surface area is 129 Å². The van der Waals surface area contributed by atoms with Crippen molar-refractivity contribution in [2.45, 2.75) is 18.4 Å². The summed E-state index contributed by atoms with van der Waals surface area (Å²) in [5.74, 6) is -0.0661. The average molecular weight is 307 g/mol. The van der Waals surface area contributed by atoms with E-state index < -0.39 is 5.60 Å². The minimum Gasteiger partial charge on any atom is -0.409 e. The number of benzene rings is 1. The fourth-order valence-electron chi connectivity index (χ4n) is 2.64. The number of aliphatic hydroxyl groups excluding tert-OH is 1. The summed E-state index contributed by atoms with van der Waals surface area (Å²) in [7, 11) is 0. The van der Waals surface area contributed by atoms with Gasteiger partial charge in [-0.05, 0) is 12.1 Å². The van der Waals surface area contributed by atoms with Gasteiger partial charge < -0.3 is 25.7 Å². The summed E-state index contributed by atoms with van der Waals surface area (Å²) in [6.07, 6.45) is 0.836. The number of carbonyl (C=O) groups is 1. The van der Waals surface area contributed by atoms with Gasteiger partial charge in [0.05, 0.1) is 13.2 Å². The molecule has 2 rings (SSSR count). The van der Waals surface area contributed by atoms with E-state index in [0.29, 0.717) is 31.5 Å². The molecule has 4 N–H and O–H groups in total. The molecule has 0 aliphatic carbocycles. The van der Waals surface area contributed by atoms with E-state index in [9.17, 15) is 4.79 Å². The molecule has 1 aliphatic rings. The van der Waals surface area contributed by atoms with Crippen molar-refractivity contribution in [1.29, 1.82) is 0 Å². The van der Waals surface area contributed by atoms with E-state index >= 15 is 0 Å². The third-order valence-corrected chi connectivity index (χ3v) is 3.92. The Bertz CT molecular complexity index is 525. The van der Waals surface area contributed by atoms with Gasteiger partial charge in [0.2, 0.25) is 0 Å². The van der Waals surface area contributed by atoms with E-state index in [1.54, 1.807) is 17.0 Å². The number of ether oxygens (including phenoxy) is 1. The van der Waals surface area contributed by atoms with E-state index in [1.165, 1.54) is 0 Å². The minimum atomic E-state index is -0.926. The SMILES string of the molecule is NC(=NO)C1(OCCO)CCN(C(=O)c2ccccc2)CC1. The molecule has 0 unspecified atom stereocenters. The molecule has 0 atom stereocenters. The van der Waals surface area contributed by atoms with Gasteiger partial charge >= 0.3 is 0 Å². The number of rotatable bonds is 5.